The second-order valence-electron chi connectivity index (χ2n) is 6.39. The summed E-state index contributed by atoms with van der Waals surface area (Å²) < 4.78 is 0. The fraction of sp³-hybridized carbons (Fsp3) is 0.933. The number of hydrogen-bond acceptors (Lipinski definition) is 3. The first-order valence-corrected chi connectivity index (χ1v) is 7.85. The maximum absolute atomic E-state index is 12.6. The zero-order chi connectivity index (χ0) is 13.7. The highest BCUT2D eigenvalue weighted by atomic mass is 16.3. The highest BCUT2D eigenvalue weighted by Gasteiger charge is 2.38. The molecule has 2 fully saturated rings. The van der Waals surface area contributed by atoms with Gasteiger partial charge in [0.1, 0.15) is 0 Å². The Morgan fingerprint density at radius 1 is 1.16 bits per heavy atom. The SMILES string of the molecule is NCC1(C(=O)NC2CCCC(O)C2)CCCCCC1. The molecule has 0 aromatic rings. The first-order chi connectivity index (χ1) is 9.16. The normalized spacial score (nSPS) is 31.5. The minimum Gasteiger partial charge on any atom is -0.393 e. The van der Waals surface area contributed by atoms with Gasteiger partial charge in [-0.15, -0.1) is 0 Å². The van der Waals surface area contributed by atoms with Crippen LogP contribution in [-0.4, -0.2) is 29.7 Å². The lowest BCUT2D eigenvalue weighted by molar-refractivity contribution is -0.132. The van der Waals surface area contributed by atoms with Crippen LogP contribution in [0.15, 0.2) is 0 Å². The summed E-state index contributed by atoms with van der Waals surface area (Å²) in [6.07, 6.45) is 9.81. The quantitative estimate of drug-likeness (QED) is 0.682. The Bertz CT molecular complexity index is 299. The van der Waals surface area contributed by atoms with E-state index in [1.54, 1.807) is 0 Å². The molecule has 0 aliphatic heterocycles. The summed E-state index contributed by atoms with van der Waals surface area (Å²) in [7, 11) is 0. The number of hydrogen-bond donors (Lipinski definition) is 3. The van der Waals surface area contributed by atoms with Crippen LogP contribution in [-0.2, 0) is 4.79 Å². The molecule has 0 spiro atoms. The van der Waals surface area contributed by atoms with E-state index in [1.807, 2.05) is 0 Å². The number of carbonyl (C=O) groups excluding carboxylic acids is 1. The van der Waals surface area contributed by atoms with Crippen molar-refractivity contribution in [1.29, 1.82) is 0 Å². The van der Waals surface area contributed by atoms with Gasteiger partial charge in [-0.25, -0.2) is 0 Å². The van der Waals surface area contributed by atoms with Gasteiger partial charge in [-0.2, -0.15) is 0 Å². The van der Waals surface area contributed by atoms with Gasteiger partial charge in [0, 0.05) is 12.6 Å². The molecule has 2 aliphatic carbocycles. The van der Waals surface area contributed by atoms with Crippen molar-refractivity contribution in [2.45, 2.75) is 76.4 Å². The lowest BCUT2D eigenvalue weighted by Crippen LogP contribution is -2.50. The summed E-state index contributed by atoms with van der Waals surface area (Å²) in [5.74, 6) is 0.135. The van der Waals surface area contributed by atoms with Crippen LogP contribution in [0.2, 0.25) is 0 Å². The summed E-state index contributed by atoms with van der Waals surface area (Å²) in [5.41, 5.74) is 5.58. The largest absolute Gasteiger partial charge is 0.393 e. The van der Waals surface area contributed by atoms with Crippen LogP contribution >= 0.6 is 0 Å². The lowest BCUT2D eigenvalue weighted by atomic mass is 9.79. The summed E-state index contributed by atoms with van der Waals surface area (Å²) in [6, 6.07) is 0.142. The van der Waals surface area contributed by atoms with Gasteiger partial charge < -0.3 is 16.2 Å². The van der Waals surface area contributed by atoms with Gasteiger partial charge in [0.25, 0.3) is 0 Å². The smallest absolute Gasteiger partial charge is 0.227 e. The molecule has 4 heteroatoms. The zero-order valence-corrected chi connectivity index (χ0v) is 11.9. The number of rotatable bonds is 3. The molecule has 0 radical (unpaired) electrons. The molecule has 4 N–H and O–H groups in total. The van der Waals surface area contributed by atoms with Crippen molar-refractivity contribution in [2.75, 3.05) is 6.54 Å². The van der Waals surface area contributed by atoms with E-state index in [0.717, 1.165) is 44.9 Å². The molecule has 0 aromatic carbocycles. The van der Waals surface area contributed by atoms with Crippen LogP contribution < -0.4 is 11.1 Å². The van der Waals surface area contributed by atoms with Gasteiger partial charge in [0.05, 0.1) is 11.5 Å². The molecule has 0 aromatic heterocycles. The Kier molecular flexibility index (Phi) is 5.22. The number of amides is 1. The third-order valence-corrected chi connectivity index (χ3v) is 4.91. The average Bonchev–Trinajstić information content (AvgIpc) is 2.65. The van der Waals surface area contributed by atoms with Crippen molar-refractivity contribution < 1.29 is 9.90 Å². The molecule has 2 aliphatic rings. The maximum atomic E-state index is 12.6. The number of carbonyl (C=O) groups is 1. The number of nitrogens with two attached hydrogens (primary N) is 1. The first-order valence-electron chi connectivity index (χ1n) is 7.85. The molecule has 4 nitrogen and oxygen atoms in total. The molecule has 2 atom stereocenters. The van der Waals surface area contributed by atoms with Crippen molar-refractivity contribution in [3.63, 3.8) is 0 Å². The van der Waals surface area contributed by atoms with E-state index < -0.39 is 0 Å². The van der Waals surface area contributed by atoms with Crippen LogP contribution in [0.3, 0.4) is 0 Å². The Morgan fingerprint density at radius 3 is 2.42 bits per heavy atom. The van der Waals surface area contributed by atoms with E-state index in [9.17, 15) is 9.90 Å². The third kappa shape index (κ3) is 3.69. The molecular weight excluding hydrogens is 240 g/mol. The van der Waals surface area contributed by atoms with Crippen molar-refractivity contribution in [2.24, 2.45) is 11.1 Å². The molecule has 19 heavy (non-hydrogen) atoms. The molecule has 0 heterocycles. The Labute approximate surface area is 116 Å². The van der Waals surface area contributed by atoms with Gasteiger partial charge in [0.15, 0.2) is 0 Å². The Morgan fingerprint density at radius 2 is 1.84 bits per heavy atom. The van der Waals surface area contributed by atoms with Gasteiger partial charge >= 0.3 is 0 Å². The molecule has 1 amide bonds. The van der Waals surface area contributed by atoms with Crippen molar-refractivity contribution in [1.82, 2.24) is 5.32 Å². The van der Waals surface area contributed by atoms with Gasteiger partial charge in [-0.1, -0.05) is 25.7 Å². The van der Waals surface area contributed by atoms with Crippen LogP contribution in [0.25, 0.3) is 0 Å². The monoisotopic (exact) mass is 268 g/mol. The van der Waals surface area contributed by atoms with Gasteiger partial charge in [0.2, 0.25) is 5.91 Å². The maximum Gasteiger partial charge on any atom is 0.227 e. The number of aliphatic hydroxyl groups is 1. The van der Waals surface area contributed by atoms with Crippen molar-refractivity contribution in [3.05, 3.63) is 0 Å². The summed E-state index contributed by atoms with van der Waals surface area (Å²) in [6.45, 7) is 0.452. The minimum absolute atomic E-state index is 0.135. The molecule has 2 unspecified atom stereocenters. The molecule has 0 saturated heterocycles. The summed E-state index contributed by atoms with van der Waals surface area (Å²) in [5, 5.41) is 12.9. The average molecular weight is 268 g/mol. The molecule has 2 rings (SSSR count). The standard InChI is InChI=1S/C15H28N2O2/c16-11-15(8-3-1-2-4-9-15)14(19)17-12-6-5-7-13(18)10-12/h12-13,18H,1-11,16H2,(H,17,19). The van der Waals surface area contributed by atoms with Crippen LogP contribution in [0.4, 0.5) is 0 Å². The highest BCUT2D eigenvalue weighted by Crippen LogP contribution is 2.35. The third-order valence-electron chi connectivity index (χ3n) is 4.91. The fourth-order valence-corrected chi connectivity index (χ4v) is 3.56. The highest BCUT2D eigenvalue weighted by molar-refractivity contribution is 5.83. The van der Waals surface area contributed by atoms with E-state index in [4.69, 9.17) is 5.73 Å². The van der Waals surface area contributed by atoms with Crippen molar-refractivity contribution in [3.8, 4) is 0 Å². The number of aliphatic hydroxyl groups excluding tert-OH is 1. The predicted octanol–water partition coefficient (Wildman–Crippen LogP) is 1.71. The van der Waals surface area contributed by atoms with Crippen molar-refractivity contribution >= 4 is 5.91 Å². The van der Waals surface area contributed by atoms with Gasteiger partial charge in [-0.05, 0) is 38.5 Å². The molecule has 2 saturated carbocycles. The van der Waals surface area contributed by atoms with E-state index in [2.05, 4.69) is 5.32 Å². The lowest BCUT2D eigenvalue weighted by Gasteiger charge is -2.34. The molecule has 110 valence electrons. The topological polar surface area (TPSA) is 75.4 Å². The van der Waals surface area contributed by atoms with Crippen LogP contribution in [0.5, 0.6) is 0 Å². The first kappa shape index (κ1) is 14.8. The van der Waals surface area contributed by atoms with E-state index in [-0.39, 0.29) is 23.5 Å². The number of nitrogens with one attached hydrogen (secondary N) is 1. The second kappa shape index (κ2) is 6.71. The summed E-state index contributed by atoms with van der Waals surface area (Å²) >= 11 is 0. The van der Waals surface area contributed by atoms with E-state index in [0.29, 0.717) is 13.0 Å². The van der Waals surface area contributed by atoms with Crippen LogP contribution in [0, 0.1) is 5.41 Å². The molecular formula is C15H28N2O2. The van der Waals surface area contributed by atoms with E-state index in [1.165, 1.54) is 12.8 Å². The Balaban J connectivity index is 1.95. The van der Waals surface area contributed by atoms with E-state index >= 15 is 0 Å². The minimum atomic E-state index is -0.348. The Hall–Kier alpha value is -0.610. The van der Waals surface area contributed by atoms with Gasteiger partial charge in [-0.3, -0.25) is 4.79 Å². The van der Waals surface area contributed by atoms with Crippen LogP contribution in [0.1, 0.15) is 64.2 Å². The predicted molar refractivity (Wildman–Crippen MR) is 75.6 cm³/mol. The zero-order valence-electron chi connectivity index (χ0n) is 11.9. The second-order valence-corrected chi connectivity index (χ2v) is 6.39. The molecule has 0 bridgehead atoms. The summed E-state index contributed by atoms with van der Waals surface area (Å²) in [4.78, 5) is 12.6. The fourth-order valence-electron chi connectivity index (χ4n) is 3.56.